The van der Waals surface area contributed by atoms with E-state index in [9.17, 15) is 9.59 Å². The molecule has 1 aromatic carbocycles. The molecule has 0 bridgehead atoms. The number of nitrogens with two attached hydrogens (primary N) is 1. The lowest BCUT2D eigenvalue weighted by Gasteiger charge is -2.15. The van der Waals surface area contributed by atoms with Gasteiger partial charge in [0.15, 0.2) is 0 Å². The average molecular weight is 288 g/mol. The minimum Gasteiger partial charge on any atom is -0.396 e. The zero-order valence-corrected chi connectivity index (χ0v) is 11.8. The third-order valence-corrected chi connectivity index (χ3v) is 3.58. The predicted octanol–water partition coefficient (Wildman–Crippen LogP) is 1.08. The first-order chi connectivity index (χ1) is 10.1. The molecule has 21 heavy (non-hydrogen) atoms. The predicted molar refractivity (Wildman–Crippen MR) is 80.4 cm³/mol. The lowest BCUT2D eigenvalue weighted by Crippen LogP contribution is -2.36. The van der Waals surface area contributed by atoms with Crippen LogP contribution < -0.4 is 11.1 Å². The molecule has 0 saturated heterocycles. The minimum atomic E-state index is -0.473. The maximum absolute atomic E-state index is 11.9. The van der Waals surface area contributed by atoms with Gasteiger partial charge in [-0.05, 0) is 49.0 Å². The fourth-order valence-corrected chi connectivity index (χ4v) is 2.22. The molecule has 0 heterocycles. The van der Waals surface area contributed by atoms with Crippen molar-refractivity contribution in [2.75, 3.05) is 6.61 Å². The molecule has 4 N–H and O–H groups in total. The highest BCUT2D eigenvalue weighted by Crippen LogP contribution is 2.33. The first-order valence-electron chi connectivity index (χ1n) is 7.09. The molecule has 1 unspecified atom stereocenters. The van der Waals surface area contributed by atoms with Gasteiger partial charge in [0.25, 0.3) is 0 Å². The second-order valence-electron chi connectivity index (χ2n) is 5.28. The Hall–Kier alpha value is -2.14. The van der Waals surface area contributed by atoms with Gasteiger partial charge in [0.1, 0.15) is 0 Å². The minimum absolute atomic E-state index is 0.0596. The highest BCUT2D eigenvalue weighted by Gasteiger charge is 2.31. The van der Waals surface area contributed by atoms with Crippen LogP contribution in [-0.4, -0.2) is 29.6 Å². The van der Waals surface area contributed by atoms with Crippen molar-refractivity contribution >= 4 is 17.9 Å². The molecule has 2 rings (SSSR count). The number of carbonyl (C=O) groups excluding carboxylic acids is 2. The molecule has 1 aromatic rings. The van der Waals surface area contributed by atoms with Crippen molar-refractivity contribution in [1.82, 2.24) is 5.32 Å². The Morgan fingerprint density at radius 2 is 2.00 bits per heavy atom. The number of amides is 2. The van der Waals surface area contributed by atoms with Crippen molar-refractivity contribution in [3.05, 3.63) is 41.5 Å². The summed E-state index contributed by atoms with van der Waals surface area (Å²) in [4.78, 5) is 22.8. The Balaban J connectivity index is 1.90. The van der Waals surface area contributed by atoms with Gasteiger partial charge in [-0.3, -0.25) is 9.59 Å². The molecule has 1 aliphatic carbocycles. The number of carbonyl (C=O) groups is 2. The molecule has 0 spiro atoms. The third kappa shape index (κ3) is 4.72. The van der Waals surface area contributed by atoms with E-state index in [0.717, 1.165) is 18.4 Å². The number of primary amides is 1. The van der Waals surface area contributed by atoms with Crippen LogP contribution in [0.5, 0.6) is 0 Å². The van der Waals surface area contributed by atoms with E-state index in [1.54, 1.807) is 30.3 Å². The van der Waals surface area contributed by atoms with Gasteiger partial charge in [-0.15, -0.1) is 0 Å². The summed E-state index contributed by atoms with van der Waals surface area (Å²) in [5.41, 5.74) is 6.42. The molecular weight excluding hydrogens is 268 g/mol. The maximum atomic E-state index is 11.9. The van der Waals surface area contributed by atoms with E-state index < -0.39 is 5.91 Å². The lowest BCUT2D eigenvalue weighted by atomic mass is 10.1. The van der Waals surface area contributed by atoms with Gasteiger partial charge < -0.3 is 16.2 Å². The number of benzene rings is 1. The zero-order valence-electron chi connectivity index (χ0n) is 11.8. The van der Waals surface area contributed by atoms with E-state index >= 15 is 0 Å². The average Bonchev–Trinajstić information content (AvgIpc) is 3.29. The standard InChI is InChI=1S/C16H20N2O3/c17-16(21)13-4-1-11(2-5-13)3-8-15(20)18-14(9-10-19)12-6-7-12/h1-5,8,12,14,19H,6-7,9-10H2,(H2,17,21)(H,18,20)/b8-3+. The first-order valence-corrected chi connectivity index (χ1v) is 7.09. The van der Waals surface area contributed by atoms with Gasteiger partial charge in [0.2, 0.25) is 11.8 Å². The van der Waals surface area contributed by atoms with Gasteiger partial charge in [-0.2, -0.15) is 0 Å². The Labute approximate surface area is 123 Å². The largest absolute Gasteiger partial charge is 0.396 e. The lowest BCUT2D eigenvalue weighted by molar-refractivity contribution is -0.117. The molecule has 1 fully saturated rings. The number of nitrogens with one attached hydrogen (secondary N) is 1. The summed E-state index contributed by atoms with van der Waals surface area (Å²) in [5, 5.41) is 11.9. The molecule has 5 nitrogen and oxygen atoms in total. The van der Waals surface area contributed by atoms with Crippen molar-refractivity contribution < 1.29 is 14.7 Å². The molecular formula is C16H20N2O3. The van der Waals surface area contributed by atoms with Gasteiger partial charge in [-0.1, -0.05) is 12.1 Å². The summed E-state index contributed by atoms with van der Waals surface area (Å²) < 4.78 is 0. The van der Waals surface area contributed by atoms with Crippen LogP contribution in [0.25, 0.3) is 6.08 Å². The van der Waals surface area contributed by atoms with Crippen molar-refractivity contribution in [3.8, 4) is 0 Å². The van der Waals surface area contributed by atoms with E-state index in [1.165, 1.54) is 6.08 Å². The number of hydrogen-bond acceptors (Lipinski definition) is 3. The highest BCUT2D eigenvalue weighted by atomic mass is 16.3. The molecule has 2 amide bonds. The Bertz CT molecular complexity index is 533. The normalized spacial score (nSPS) is 15.9. The molecule has 0 aliphatic heterocycles. The van der Waals surface area contributed by atoms with Crippen molar-refractivity contribution in [2.45, 2.75) is 25.3 Å². The summed E-state index contributed by atoms with van der Waals surface area (Å²) in [6.45, 7) is 0.0831. The second-order valence-corrected chi connectivity index (χ2v) is 5.28. The molecule has 112 valence electrons. The quantitative estimate of drug-likeness (QED) is 0.655. The van der Waals surface area contributed by atoms with E-state index in [2.05, 4.69) is 5.32 Å². The number of aliphatic hydroxyl groups excluding tert-OH is 1. The van der Waals surface area contributed by atoms with Gasteiger partial charge in [-0.25, -0.2) is 0 Å². The van der Waals surface area contributed by atoms with Gasteiger partial charge >= 0.3 is 0 Å². The van der Waals surface area contributed by atoms with Crippen LogP contribution in [0.3, 0.4) is 0 Å². The number of aliphatic hydroxyl groups is 1. The second kappa shape index (κ2) is 7.04. The van der Waals surface area contributed by atoms with Gasteiger partial charge in [0.05, 0.1) is 0 Å². The number of rotatable bonds is 7. The van der Waals surface area contributed by atoms with Crippen molar-refractivity contribution in [3.63, 3.8) is 0 Å². The molecule has 0 radical (unpaired) electrons. The fourth-order valence-electron chi connectivity index (χ4n) is 2.22. The van der Waals surface area contributed by atoms with Crippen LogP contribution in [0.15, 0.2) is 30.3 Å². The number of hydrogen-bond donors (Lipinski definition) is 3. The van der Waals surface area contributed by atoms with Crippen LogP contribution in [0.4, 0.5) is 0 Å². The summed E-state index contributed by atoms with van der Waals surface area (Å²) >= 11 is 0. The van der Waals surface area contributed by atoms with E-state index in [-0.39, 0.29) is 18.6 Å². The topological polar surface area (TPSA) is 92.4 Å². The van der Waals surface area contributed by atoms with Crippen LogP contribution in [0, 0.1) is 5.92 Å². The fraction of sp³-hybridized carbons (Fsp3) is 0.375. The van der Waals surface area contributed by atoms with E-state index in [1.807, 2.05) is 0 Å². The van der Waals surface area contributed by atoms with Crippen molar-refractivity contribution in [1.29, 1.82) is 0 Å². The van der Waals surface area contributed by atoms with E-state index in [4.69, 9.17) is 10.8 Å². The monoisotopic (exact) mass is 288 g/mol. The highest BCUT2D eigenvalue weighted by molar-refractivity contribution is 5.94. The SMILES string of the molecule is NC(=O)c1ccc(/C=C/C(=O)NC(CCO)C2CC2)cc1. The Morgan fingerprint density at radius 1 is 1.33 bits per heavy atom. The Kier molecular flexibility index (Phi) is 5.11. The molecule has 0 aromatic heterocycles. The summed E-state index contributed by atoms with van der Waals surface area (Å²) in [7, 11) is 0. The third-order valence-electron chi connectivity index (χ3n) is 3.58. The molecule has 1 saturated carbocycles. The van der Waals surface area contributed by atoms with Crippen LogP contribution in [0.2, 0.25) is 0 Å². The van der Waals surface area contributed by atoms with Crippen LogP contribution >= 0.6 is 0 Å². The Morgan fingerprint density at radius 3 is 2.52 bits per heavy atom. The summed E-state index contributed by atoms with van der Waals surface area (Å²) in [6.07, 6.45) is 5.97. The molecule has 1 atom stereocenters. The summed E-state index contributed by atoms with van der Waals surface area (Å²) in [5.74, 6) is -0.136. The molecule has 1 aliphatic rings. The maximum Gasteiger partial charge on any atom is 0.248 e. The molecule has 5 heteroatoms. The smallest absolute Gasteiger partial charge is 0.248 e. The van der Waals surface area contributed by atoms with Gasteiger partial charge in [0, 0.05) is 24.3 Å². The summed E-state index contributed by atoms with van der Waals surface area (Å²) in [6, 6.07) is 6.77. The first kappa shape index (κ1) is 15.3. The van der Waals surface area contributed by atoms with Crippen molar-refractivity contribution in [2.24, 2.45) is 11.7 Å². The van der Waals surface area contributed by atoms with E-state index in [0.29, 0.717) is 17.9 Å². The zero-order chi connectivity index (χ0) is 15.2. The van der Waals surface area contributed by atoms with Crippen LogP contribution in [0.1, 0.15) is 35.2 Å². The van der Waals surface area contributed by atoms with Crippen LogP contribution in [-0.2, 0) is 4.79 Å².